The minimum atomic E-state index is -0.252. The van der Waals surface area contributed by atoms with Crippen LogP contribution in [-0.4, -0.2) is 5.97 Å². The Balaban J connectivity index is 2.27. The molecule has 0 radical (unpaired) electrons. The summed E-state index contributed by atoms with van der Waals surface area (Å²) in [6.07, 6.45) is 0.958. The van der Waals surface area contributed by atoms with E-state index in [4.69, 9.17) is 4.74 Å². The molecule has 2 nitrogen and oxygen atoms in total. The molecule has 2 heteroatoms. The van der Waals surface area contributed by atoms with Crippen molar-refractivity contribution in [2.45, 2.75) is 26.2 Å². The Morgan fingerprint density at radius 3 is 2.88 bits per heavy atom. The number of esters is 1. The van der Waals surface area contributed by atoms with E-state index < -0.39 is 0 Å². The summed E-state index contributed by atoms with van der Waals surface area (Å²) < 4.78 is 5.29. The molecule has 1 aliphatic carbocycles. The van der Waals surface area contributed by atoms with Gasteiger partial charge in [0.1, 0.15) is 5.75 Å². The average Bonchev–Trinajstić information content (AvgIpc) is 2.62. The van der Waals surface area contributed by atoms with Crippen LogP contribution in [0.5, 0.6) is 5.75 Å². The van der Waals surface area contributed by atoms with E-state index in [0.717, 1.165) is 12.2 Å². The lowest BCUT2D eigenvalue weighted by atomic mass is 10.0. The topological polar surface area (TPSA) is 26.3 Å². The SMILES string of the molecule is CC(=O)Oc1ccc2cccc3c2c1CC3C. The van der Waals surface area contributed by atoms with Gasteiger partial charge in [0.25, 0.3) is 0 Å². The maximum atomic E-state index is 11.1. The molecule has 0 aromatic heterocycles. The van der Waals surface area contributed by atoms with Gasteiger partial charge in [-0.15, -0.1) is 0 Å². The summed E-state index contributed by atoms with van der Waals surface area (Å²) >= 11 is 0. The van der Waals surface area contributed by atoms with Crippen LogP contribution < -0.4 is 4.74 Å². The molecule has 1 atom stereocenters. The zero-order valence-corrected chi connectivity index (χ0v) is 9.99. The van der Waals surface area contributed by atoms with Crippen molar-refractivity contribution in [1.29, 1.82) is 0 Å². The lowest BCUT2D eigenvalue weighted by molar-refractivity contribution is -0.131. The molecule has 1 unspecified atom stereocenters. The quantitative estimate of drug-likeness (QED) is 0.550. The maximum Gasteiger partial charge on any atom is 0.308 e. The van der Waals surface area contributed by atoms with Gasteiger partial charge < -0.3 is 4.74 Å². The highest BCUT2D eigenvalue weighted by molar-refractivity contribution is 5.93. The number of benzene rings is 2. The number of carbonyl (C=O) groups is 1. The first kappa shape index (κ1) is 10.3. The third kappa shape index (κ3) is 1.52. The maximum absolute atomic E-state index is 11.1. The Labute approximate surface area is 100 Å². The van der Waals surface area contributed by atoms with Crippen LogP contribution in [0, 0.1) is 0 Å². The van der Waals surface area contributed by atoms with Crippen molar-refractivity contribution in [2.24, 2.45) is 0 Å². The van der Waals surface area contributed by atoms with E-state index in [0.29, 0.717) is 5.92 Å². The molecule has 0 saturated heterocycles. The standard InChI is InChI=1S/C15H14O2/c1-9-8-13-14(17-10(2)16)7-6-11-4-3-5-12(9)15(11)13/h3-7,9H,8H2,1-2H3. The highest BCUT2D eigenvalue weighted by Crippen LogP contribution is 2.42. The molecule has 0 amide bonds. The monoisotopic (exact) mass is 226 g/mol. The number of hydrogen-bond donors (Lipinski definition) is 0. The third-order valence-corrected chi connectivity index (χ3v) is 3.44. The fourth-order valence-electron chi connectivity index (χ4n) is 2.75. The van der Waals surface area contributed by atoms with Crippen molar-refractivity contribution in [3.05, 3.63) is 41.5 Å². The average molecular weight is 226 g/mol. The summed E-state index contributed by atoms with van der Waals surface area (Å²) in [5.41, 5.74) is 2.55. The highest BCUT2D eigenvalue weighted by Gasteiger charge is 2.24. The molecule has 0 spiro atoms. The second-order valence-electron chi connectivity index (χ2n) is 4.69. The smallest absolute Gasteiger partial charge is 0.308 e. The Bertz CT molecular complexity index is 614. The van der Waals surface area contributed by atoms with Crippen LogP contribution in [0.3, 0.4) is 0 Å². The largest absolute Gasteiger partial charge is 0.426 e. The van der Waals surface area contributed by atoms with Crippen molar-refractivity contribution in [2.75, 3.05) is 0 Å². The molecular formula is C15H14O2. The first-order valence-electron chi connectivity index (χ1n) is 5.89. The van der Waals surface area contributed by atoms with Gasteiger partial charge in [-0.2, -0.15) is 0 Å². The Morgan fingerprint density at radius 2 is 2.12 bits per heavy atom. The van der Waals surface area contributed by atoms with Crippen molar-refractivity contribution < 1.29 is 9.53 Å². The lowest BCUT2D eigenvalue weighted by Gasteiger charge is -2.07. The van der Waals surface area contributed by atoms with E-state index in [1.807, 2.05) is 12.1 Å². The molecule has 3 rings (SSSR count). The Hall–Kier alpha value is -1.83. The van der Waals surface area contributed by atoms with E-state index in [1.165, 1.54) is 28.8 Å². The van der Waals surface area contributed by atoms with Gasteiger partial charge in [-0.25, -0.2) is 0 Å². The van der Waals surface area contributed by atoms with Gasteiger partial charge >= 0.3 is 5.97 Å². The van der Waals surface area contributed by atoms with Gasteiger partial charge in [0, 0.05) is 12.5 Å². The molecule has 2 aromatic rings. The Morgan fingerprint density at radius 1 is 1.29 bits per heavy atom. The van der Waals surface area contributed by atoms with Gasteiger partial charge in [0.15, 0.2) is 0 Å². The molecule has 0 fully saturated rings. The predicted molar refractivity (Wildman–Crippen MR) is 67.4 cm³/mol. The van der Waals surface area contributed by atoms with E-state index in [2.05, 4.69) is 25.1 Å². The molecule has 17 heavy (non-hydrogen) atoms. The van der Waals surface area contributed by atoms with E-state index in [-0.39, 0.29) is 5.97 Å². The van der Waals surface area contributed by atoms with Gasteiger partial charge in [-0.05, 0) is 34.7 Å². The van der Waals surface area contributed by atoms with Gasteiger partial charge in [-0.1, -0.05) is 31.2 Å². The van der Waals surface area contributed by atoms with Crippen LogP contribution in [0.4, 0.5) is 0 Å². The second-order valence-corrected chi connectivity index (χ2v) is 4.69. The summed E-state index contributed by atoms with van der Waals surface area (Å²) in [4.78, 5) is 11.1. The summed E-state index contributed by atoms with van der Waals surface area (Å²) in [6.45, 7) is 3.66. The van der Waals surface area contributed by atoms with Gasteiger partial charge in [0.2, 0.25) is 0 Å². The summed E-state index contributed by atoms with van der Waals surface area (Å²) in [5, 5.41) is 2.51. The molecule has 86 valence electrons. The van der Waals surface area contributed by atoms with Crippen molar-refractivity contribution in [1.82, 2.24) is 0 Å². The zero-order chi connectivity index (χ0) is 12.0. The molecule has 0 aliphatic heterocycles. The molecule has 0 heterocycles. The van der Waals surface area contributed by atoms with Crippen LogP contribution in [0.15, 0.2) is 30.3 Å². The minimum Gasteiger partial charge on any atom is -0.426 e. The number of hydrogen-bond acceptors (Lipinski definition) is 2. The second kappa shape index (κ2) is 3.59. The van der Waals surface area contributed by atoms with Crippen LogP contribution in [0.25, 0.3) is 10.8 Å². The Kier molecular flexibility index (Phi) is 2.18. The number of carbonyl (C=O) groups excluding carboxylic acids is 1. The van der Waals surface area contributed by atoms with Crippen LogP contribution in [0.1, 0.15) is 30.9 Å². The molecule has 0 saturated carbocycles. The van der Waals surface area contributed by atoms with Crippen molar-refractivity contribution in [3.63, 3.8) is 0 Å². The minimum absolute atomic E-state index is 0.252. The van der Waals surface area contributed by atoms with Crippen LogP contribution in [-0.2, 0) is 11.2 Å². The first-order chi connectivity index (χ1) is 8.16. The number of rotatable bonds is 1. The molecule has 1 aliphatic rings. The summed E-state index contributed by atoms with van der Waals surface area (Å²) in [7, 11) is 0. The normalized spacial score (nSPS) is 17.4. The highest BCUT2D eigenvalue weighted by atomic mass is 16.5. The van der Waals surface area contributed by atoms with Crippen molar-refractivity contribution >= 4 is 16.7 Å². The summed E-state index contributed by atoms with van der Waals surface area (Å²) in [6, 6.07) is 10.3. The lowest BCUT2D eigenvalue weighted by Crippen LogP contribution is -2.03. The van der Waals surface area contributed by atoms with E-state index in [1.54, 1.807) is 0 Å². The summed E-state index contributed by atoms with van der Waals surface area (Å²) in [5.74, 6) is 0.977. The van der Waals surface area contributed by atoms with E-state index in [9.17, 15) is 4.79 Å². The van der Waals surface area contributed by atoms with Crippen molar-refractivity contribution in [3.8, 4) is 5.75 Å². The molecule has 2 aromatic carbocycles. The van der Waals surface area contributed by atoms with Crippen LogP contribution in [0.2, 0.25) is 0 Å². The van der Waals surface area contributed by atoms with Gasteiger partial charge in [-0.3, -0.25) is 4.79 Å². The van der Waals surface area contributed by atoms with Crippen LogP contribution >= 0.6 is 0 Å². The fourth-order valence-corrected chi connectivity index (χ4v) is 2.75. The third-order valence-electron chi connectivity index (χ3n) is 3.44. The zero-order valence-electron chi connectivity index (χ0n) is 9.99. The molecular weight excluding hydrogens is 212 g/mol. The molecule has 0 bridgehead atoms. The fraction of sp³-hybridized carbons (Fsp3) is 0.267. The first-order valence-corrected chi connectivity index (χ1v) is 5.89. The number of ether oxygens (including phenoxy) is 1. The van der Waals surface area contributed by atoms with Gasteiger partial charge in [0.05, 0.1) is 0 Å². The molecule has 0 N–H and O–H groups in total. The predicted octanol–water partition coefficient (Wildman–Crippen LogP) is 3.42. The van der Waals surface area contributed by atoms with E-state index >= 15 is 0 Å².